The number of benzene rings is 5. The third kappa shape index (κ3) is 19.3. The van der Waals surface area contributed by atoms with Crippen LogP contribution in [0.1, 0.15) is 106 Å². The van der Waals surface area contributed by atoms with Gasteiger partial charge < -0.3 is 86.8 Å². The van der Waals surface area contributed by atoms with Gasteiger partial charge in [0.1, 0.15) is 41.1 Å². The lowest BCUT2D eigenvalue weighted by Crippen LogP contribution is -2.47. The highest BCUT2D eigenvalue weighted by molar-refractivity contribution is 7.80. The maximum absolute atomic E-state index is 14.0. The fraction of sp³-hybridized carbons (Fsp3) is 0.347. The van der Waals surface area contributed by atoms with Crippen molar-refractivity contribution in [2.75, 3.05) is 88.2 Å². The van der Waals surface area contributed by atoms with Crippen LogP contribution in [0, 0.1) is 22.7 Å². The number of halogens is 4. The molecule has 2 aromatic heterocycles. The molecule has 0 bridgehead atoms. The molecule has 6 heterocycles. The lowest BCUT2D eigenvalue weighted by Gasteiger charge is -2.36. The van der Waals surface area contributed by atoms with Crippen molar-refractivity contribution in [3.05, 3.63) is 149 Å². The zero-order chi connectivity index (χ0) is 79.2. The van der Waals surface area contributed by atoms with Crippen molar-refractivity contribution < 1.29 is 94.7 Å². The second-order valence-corrected chi connectivity index (χ2v) is 26.6. The number of aromatic hydroxyl groups is 2. The van der Waals surface area contributed by atoms with Gasteiger partial charge in [-0.3, -0.25) is 53.1 Å². The van der Waals surface area contributed by atoms with Gasteiger partial charge in [-0.1, -0.05) is 30.3 Å². The number of phenolic OH excluding ortho intramolecular Hbond substituents is 2. The molecule has 4 aliphatic heterocycles. The number of phenols is 2. The van der Waals surface area contributed by atoms with Crippen LogP contribution >= 0.6 is 12.2 Å². The first-order valence-corrected chi connectivity index (χ1v) is 35.5. The van der Waals surface area contributed by atoms with Gasteiger partial charge in [-0.2, -0.15) is 10.5 Å². The van der Waals surface area contributed by atoms with Crippen LogP contribution in [-0.4, -0.2) is 196 Å². The summed E-state index contributed by atoms with van der Waals surface area (Å²) in [6, 6.07) is 25.3. The number of aromatic nitrogens is 2. The number of esters is 1. The number of amides is 9. The first kappa shape index (κ1) is 79.4. The van der Waals surface area contributed by atoms with Crippen LogP contribution in [0.25, 0.3) is 21.8 Å². The van der Waals surface area contributed by atoms with E-state index in [0.29, 0.717) is 38.6 Å². The zero-order valence-electron chi connectivity index (χ0n) is 59.1. The number of nitrogens with zero attached hydrogens (tertiary/aromatic N) is 6. The average molecular weight is 1550 g/mol. The van der Waals surface area contributed by atoms with Gasteiger partial charge in [-0.05, 0) is 92.1 Å². The Morgan fingerprint density at radius 3 is 1.62 bits per heavy atom. The lowest BCUT2D eigenvalue weighted by molar-refractivity contribution is -0.132. The number of likely N-dealkylation sites (tertiary alicyclic amines) is 2. The van der Waals surface area contributed by atoms with E-state index in [1.54, 1.807) is 48.5 Å². The number of nitrogens with one attached hydrogen (secondary N) is 9. The van der Waals surface area contributed by atoms with Crippen LogP contribution in [0.5, 0.6) is 23.0 Å². The third-order valence-electron chi connectivity index (χ3n) is 18.4. The highest BCUT2D eigenvalue weighted by Gasteiger charge is 2.54. The maximum atomic E-state index is 14.0. The molecule has 11 rings (SSSR count). The minimum atomic E-state index is -3.26. The van der Waals surface area contributed by atoms with E-state index in [9.17, 15) is 86.2 Å². The van der Waals surface area contributed by atoms with Crippen LogP contribution in [0.15, 0.2) is 116 Å². The first-order chi connectivity index (χ1) is 53.2. The third-order valence-corrected chi connectivity index (χ3v) is 18.6. The topological polar surface area (TPSA) is 436 Å². The van der Waals surface area contributed by atoms with Crippen molar-refractivity contribution >= 4 is 115 Å². The second kappa shape index (κ2) is 35.1. The van der Waals surface area contributed by atoms with Crippen LogP contribution in [0.3, 0.4) is 0 Å². The molecule has 3 atom stereocenters. The Hall–Kier alpha value is -12.7. The number of rotatable bonds is 31. The number of ether oxygens (including phenoxy) is 4. The van der Waals surface area contributed by atoms with Crippen molar-refractivity contribution in [1.29, 1.82) is 10.5 Å². The second-order valence-electron chi connectivity index (χ2n) is 26.2. The van der Waals surface area contributed by atoms with E-state index < -0.39 is 140 Å². The summed E-state index contributed by atoms with van der Waals surface area (Å²) in [5.74, 6) is -13.1. The molecule has 36 heteroatoms. The number of carbonyl (C=O) groups is 10. The van der Waals surface area contributed by atoms with Crippen LogP contribution in [0.4, 0.5) is 34.6 Å². The minimum absolute atomic E-state index is 0.00604. The van der Waals surface area contributed by atoms with Gasteiger partial charge >= 0.3 is 5.97 Å². The molecule has 4 aliphatic rings. The zero-order valence-corrected chi connectivity index (χ0v) is 59.9. The van der Waals surface area contributed by atoms with Gasteiger partial charge in [0.15, 0.2) is 10.7 Å². The van der Waals surface area contributed by atoms with Crippen LogP contribution < -0.4 is 52.6 Å². The normalized spacial score (nSPS) is 16.1. The lowest BCUT2D eigenvalue weighted by atomic mass is 9.77. The van der Waals surface area contributed by atoms with E-state index in [-0.39, 0.29) is 156 Å². The van der Waals surface area contributed by atoms with Crippen molar-refractivity contribution in [1.82, 2.24) is 51.7 Å². The monoisotopic (exact) mass is 1550 g/mol. The Morgan fingerprint density at radius 1 is 0.586 bits per heavy atom. The largest absolute Gasteiger partial charge is 0.508 e. The van der Waals surface area contributed by atoms with Crippen LogP contribution in [0.2, 0.25) is 0 Å². The fourth-order valence-electron chi connectivity index (χ4n) is 13.1. The Balaban J connectivity index is 0.625. The predicted molar refractivity (Wildman–Crippen MR) is 391 cm³/mol. The number of fused-ring (bicyclic) bond motifs is 8. The molecule has 111 heavy (non-hydrogen) atoms. The number of hydrogen-bond donors (Lipinski definition) is 11. The number of anilines is 3. The molecule has 0 saturated carbocycles. The number of para-hydroxylation sites is 2. The summed E-state index contributed by atoms with van der Waals surface area (Å²) in [6.07, 6.45) is 0.273. The quantitative estimate of drug-likeness (QED) is 0.0106. The molecule has 5 aromatic carbocycles. The summed E-state index contributed by atoms with van der Waals surface area (Å²) in [4.78, 5) is 143. The maximum Gasteiger partial charge on any atom is 0.340 e. The molecule has 7 aromatic rings. The summed E-state index contributed by atoms with van der Waals surface area (Å²) in [6.45, 7) is -2.38. The van der Waals surface area contributed by atoms with Crippen molar-refractivity contribution in [2.24, 2.45) is 0 Å². The molecule has 0 radical (unpaired) electrons. The molecule has 2 fully saturated rings. The fourth-order valence-corrected chi connectivity index (χ4v) is 13.4. The summed E-state index contributed by atoms with van der Waals surface area (Å²) >= 11 is 5.52. The van der Waals surface area contributed by atoms with Gasteiger partial charge in [-0.25, -0.2) is 22.4 Å². The number of hydrogen-bond acceptors (Lipinski definition) is 21. The minimum Gasteiger partial charge on any atom is -0.508 e. The van der Waals surface area contributed by atoms with Gasteiger partial charge in [0.25, 0.3) is 23.7 Å². The first-order valence-electron chi connectivity index (χ1n) is 35.1. The van der Waals surface area contributed by atoms with E-state index in [2.05, 4.69) is 57.8 Å². The summed E-state index contributed by atoms with van der Waals surface area (Å²) in [7, 11) is 0. The molecular formula is C75H73F4N15O16S. The van der Waals surface area contributed by atoms with E-state index in [0.717, 1.165) is 0 Å². The standard InChI is InChI=1S/C75H73F4N15O16S/c76-73(77)34-43(36-80)93(40-73)64(101)38-87-68(103)49-20-23-83-66-47(49)5-3-8-55(66)90-61(98)17-16-60(97)82-22-2-1-7-57(92-63(100)19-18-62(99)91-56-9-4-6-48-50(21-24-84-67(48)56)69(104)88-39-65(102)94-41-74(78,79)35-44(94)37-81)70(105)85-25-27-107-29-30-108-28-26-86-72(111)89-42-10-13-52-51(31-42)71(106)110-75(52)53-14-11-45(95)32-58(53)109-59-33-46(96)12-15-54(59)75/h3-6,8-15,20-21,23-24,31-33,43-44,57,95-96H,1-2,7,16-19,22,25-30,34-35,38-41H2,(H,82,97)(H,85,105)(H,87,103)(H,88,104)(H,90,98)(H,91,99)(H,92,100)(H2,86,89,111)/t43-,44-,57?/m0/s1. The molecular weight excluding hydrogens is 1470 g/mol. The Morgan fingerprint density at radius 2 is 1.09 bits per heavy atom. The summed E-state index contributed by atoms with van der Waals surface area (Å²) in [5.41, 5.74) is 1.51. The number of carbonyl (C=O) groups excluding carboxylic acids is 10. The molecule has 1 unspecified atom stereocenters. The van der Waals surface area contributed by atoms with Crippen molar-refractivity contribution in [3.63, 3.8) is 0 Å². The molecule has 2 saturated heterocycles. The van der Waals surface area contributed by atoms with Crippen molar-refractivity contribution in [2.45, 2.75) is 93.4 Å². The molecule has 31 nitrogen and oxygen atoms in total. The predicted octanol–water partition coefficient (Wildman–Crippen LogP) is 5.79. The van der Waals surface area contributed by atoms with E-state index in [4.69, 9.17) is 31.2 Å². The summed E-state index contributed by atoms with van der Waals surface area (Å²) < 4.78 is 79.5. The highest BCUT2D eigenvalue weighted by Crippen LogP contribution is 2.57. The smallest absolute Gasteiger partial charge is 0.340 e. The number of thiocarbonyl (C=S) groups is 1. The molecule has 0 aliphatic carbocycles. The number of alkyl halides is 4. The van der Waals surface area contributed by atoms with E-state index in [1.807, 2.05) is 0 Å². The van der Waals surface area contributed by atoms with Gasteiger partial charge in [0.05, 0.1) is 104 Å². The summed E-state index contributed by atoms with van der Waals surface area (Å²) in [5, 5.41) is 64.2. The number of unbranched alkanes of at least 4 members (excludes halogenated alkanes) is 1. The Kier molecular flexibility index (Phi) is 25.1. The van der Waals surface area contributed by atoms with Crippen LogP contribution in [-0.2, 0) is 53.4 Å². The molecule has 1 spiro atoms. The molecule has 11 N–H and O–H groups in total. The molecule has 578 valence electrons. The number of pyridine rings is 2. The van der Waals surface area contributed by atoms with Gasteiger partial charge in [-0.15, -0.1) is 0 Å². The SMILES string of the molecule is N#C[C@@H]1CC(F)(F)CN1C(=O)CNC(=O)c1ccnc2c(NC(=O)CCC(=O)NCCCCC(NC(=O)CCC(=O)Nc3cccc4c(C(=O)NCC(=O)N5CC(F)(F)C[C@H]5C#N)ccnc34)C(=O)NCCOCCOCCNC(=S)Nc3ccc4c(c3)C(=O)OC43c4ccc(O)cc4Oc4cc(O)ccc43)cccc12. The van der Waals surface area contributed by atoms with Gasteiger partial charge in [0, 0.05) is 116 Å². The highest BCUT2D eigenvalue weighted by atomic mass is 32.1. The van der Waals surface area contributed by atoms with Gasteiger partial charge in [0.2, 0.25) is 41.4 Å². The Labute approximate surface area is 635 Å². The van der Waals surface area contributed by atoms with E-state index >= 15 is 0 Å². The van der Waals surface area contributed by atoms with Crippen molar-refractivity contribution in [3.8, 4) is 35.1 Å². The Bertz CT molecular complexity index is 4880. The molecule has 9 amide bonds. The number of nitriles is 2. The van der Waals surface area contributed by atoms with E-state index in [1.165, 1.54) is 79.1 Å². The average Bonchev–Trinajstić information content (AvgIpc) is 1.59.